The topological polar surface area (TPSA) is 74.7 Å². The van der Waals surface area contributed by atoms with Gasteiger partial charge in [-0.1, -0.05) is 6.42 Å². The van der Waals surface area contributed by atoms with Crippen LogP contribution < -0.4 is 15.0 Å². The number of phenolic OH excluding ortho intramolecular Hbond substituents is 1. The Balaban J connectivity index is 1.44. The Labute approximate surface area is 157 Å². The van der Waals surface area contributed by atoms with Crippen LogP contribution in [0.4, 0.5) is 15.9 Å². The van der Waals surface area contributed by atoms with Gasteiger partial charge in [0.1, 0.15) is 5.82 Å². The average molecular weight is 371 g/mol. The molecule has 7 heteroatoms. The molecule has 27 heavy (non-hydrogen) atoms. The van der Waals surface area contributed by atoms with E-state index in [1.165, 1.54) is 32.4 Å². The number of ether oxygens (including phenoxy) is 1. The van der Waals surface area contributed by atoms with Gasteiger partial charge < -0.3 is 20.1 Å². The number of nitrogens with one attached hydrogen (secondary N) is 1. The third-order valence-corrected chi connectivity index (χ3v) is 5.57. The number of fused-ring (bicyclic) bond motifs is 1. The summed E-state index contributed by atoms with van der Waals surface area (Å²) in [6.07, 6.45) is 5.56. The van der Waals surface area contributed by atoms with Gasteiger partial charge in [0.2, 0.25) is 0 Å². The number of phenols is 1. The highest BCUT2D eigenvalue weighted by Crippen LogP contribution is 2.39. The molecule has 2 aromatic rings. The maximum atomic E-state index is 13.7. The number of methoxy groups -OCH3 is 1. The fourth-order valence-corrected chi connectivity index (χ4v) is 4.13. The maximum Gasteiger partial charge on any atom is 0.255 e. The van der Waals surface area contributed by atoms with Crippen molar-refractivity contribution in [2.45, 2.75) is 19.3 Å². The molecule has 6 nitrogen and oxygen atoms in total. The van der Waals surface area contributed by atoms with Crippen LogP contribution in [-0.2, 0) is 0 Å². The number of benzene rings is 1. The molecule has 1 amide bonds. The van der Waals surface area contributed by atoms with Crippen molar-refractivity contribution in [3.05, 3.63) is 41.8 Å². The minimum Gasteiger partial charge on any atom is -0.502 e. The van der Waals surface area contributed by atoms with Gasteiger partial charge in [-0.2, -0.15) is 0 Å². The summed E-state index contributed by atoms with van der Waals surface area (Å²) in [4.78, 5) is 19.1. The molecule has 1 aliphatic heterocycles. The van der Waals surface area contributed by atoms with Crippen LogP contribution in [0.3, 0.4) is 0 Å². The second-order valence-corrected chi connectivity index (χ2v) is 7.22. The summed E-state index contributed by atoms with van der Waals surface area (Å²) in [7, 11) is 1.30. The molecule has 2 fully saturated rings. The zero-order chi connectivity index (χ0) is 19.0. The lowest BCUT2D eigenvalue weighted by atomic mass is 10.0. The van der Waals surface area contributed by atoms with Crippen LogP contribution in [0.25, 0.3) is 0 Å². The van der Waals surface area contributed by atoms with Crippen LogP contribution in [0.2, 0.25) is 0 Å². The monoisotopic (exact) mass is 371 g/mol. The summed E-state index contributed by atoms with van der Waals surface area (Å²) < 4.78 is 18.6. The highest BCUT2D eigenvalue weighted by molar-refractivity contribution is 6.04. The molecule has 2 aliphatic rings. The summed E-state index contributed by atoms with van der Waals surface area (Å²) in [5.74, 6) is 0.365. The van der Waals surface area contributed by atoms with E-state index in [1.807, 2.05) is 6.07 Å². The van der Waals surface area contributed by atoms with E-state index in [0.717, 1.165) is 36.8 Å². The quantitative estimate of drug-likeness (QED) is 0.861. The standard InChI is InChI=1S/C20H22FN3O3/c1-27-17-8-14(7-16(21)19(17)25)20(26)23-15-5-6-18(22-9-15)24-10-12-3-2-4-13(12)11-24/h5-9,12-13,25H,2-4,10-11H2,1H3,(H,23,26)/t12-,13+. The van der Waals surface area contributed by atoms with E-state index in [9.17, 15) is 14.3 Å². The van der Waals surface area contributed by atoms with Crippen molar-refractivity contribution >= 4 is 17.4 Å². The molecule has 2 atom stereocenters. The molecule has 142 valence electrons. The minimum atomic E-state index is -0.910. The Kier molecular flexibility index (Phi) is 4.59. The predicted octanol–water partition coefficient (Wildman–Crippen LogP) is 3.42. The lowest BCUT2D eigenvalue weighted by molar-refractivity contribution is 0.102. The number of hydrogen-bond acceptors (Lipinski definition) is 5. The fraction of sp³-hybridized carbons (Fsp3) is 0.400. The molecule has 1 saturated heterocycles. The number of pyridine rings is 1. The summed E-state index contributed by atoms with van der Waals surface area (Å²) in [6, 6.07) is 5.95. The predicted molar refractivity (Wildman–Crippen MR) is 99.9 cm³/mol. The Bertz CT molecular complexity index is 844. The zero-order valence-corrected chi connectivity index (χ0v) is 15.1. The molecule has 0 bridgehead atoms. The van der Waals surface area contributed by atoms with E-state index in [-0.39, 0.29) is 11.3 Å². The summed E-state index contributed by atoms with van der Waals surface area (Å²) >= 11 is 0. The van der Waals surface area contributed by atoms with Gasteiger partial charge in [0.05, 0.1) is 19.0 Å². The zero-order valence-electron chi connectivity index (χ0n) is 15.1. The second kappa shape index (κ2) is 7.06. The summed E-state index contributed by atoms with van der Waals surface area (Å²) in [6.45, 7) is 2.10. The number of rotatable bonds is 4. The number of aromatic nitrogens is 1. The van der Waals surface area contributed by atoms with Crippen molar-refractivity contribution < 1.29 is 19.0 Å². The highest BCUT2D eigenvalue weighted by Gasteiger charge is 2.36. The van der Waals surface area contributed by atoms with Gasteiger partial charge in [-0.3, -0.25) is 4.79 Å². The molecule has 1 saturated carbocycles. The van der Waals surface area contributed by atoms with E-state index in [4.69, 9.17) is 4.74 Å². The van der Waals surface area contributed by atoms with E-state index < -0.39 is 17.5 Å². The first-order chi connectivity index (χ1) is 13.0. The molecule has 2 heterocycles. The van der Waals surface area contributed by atoms with Gasteiger partial charge >= 0.3 is 0 Å². The van der Waals surface area contributed by atoms with E-state index in [1.54, 1.807) is 12.3 Å². The Morgan fingerprint density at radius 1 is 1.30 bits per heavy atom. The van der Waals surface area contributed by atoms with Crippen LogP contribution in [0.1, 0.15) is 29.6 Å². The first kappa shape index (κ1) is 17.6. The van der Waals surface area contributed by atoms with Crippen LogP contribution in [-0.4, -0.2) is 36.2 Å². The molecule has 2 N–H and O–H groups in total. The first-order valence-corrected chi connectivity index (χ1v) is 9.14. The van der Waals surface area contributed by atoms with Crippen molar-refractivity contribution in [1.29, 1.82) is 0 Å². The Hall–Kier alpha value is -2.83. The molecular formula is C20H22FN3O3. The Morgan fingerprint density at radius 2 is 2.04 bits per heavy atom. The third-order valence-electron chi connectivity index (χ3n) is 5.57. The molecule has 0 unspecified atom stereocenters. The fourth-order valence-electron chi connectivity index (χ4n) is 4.13. The summed E-state index contributed by atoms with van der Waals surface area (Å²) in [5.41, 5.74) is 0.578. The molecule has 1 aliphatic carbocycles. The SMILES string of the molecule is COc1cc(C(=O)Nc2ccc(N3C[C@H]4CCC[C@H]4C3)nc2)cc(F)c1O. The number of carbonyl (C=O) groups is 1. The number of halogens is 1. The lowest BCUT2D eigenvalue weighted by Gasteiger charge is -2.18. The maximum absolute atomic E-state index is 13.7. The van der Waals surface area contributed by atoms with Gasteiger partial charge in [0, 0.05) is 18.7 Å². The number of carbonyl (C=O) groups excluding carboxylic acids is 1. The van der Waals surface area contributed by atoms with Gasteiger partial charge in [-0.25, -0.2) is 9.37 Å². The number of nitrogens with zero attached hydrogens (tertiary/aromatic N) is 2. The second-order valence-electron chi connectivity index (χ2n) is 7.22. The lowest BCUT2D eigenvalue weighted by Crippen LogP contribution is -2.21. The van der Waals surface area contributed by atoms with Crippen LogP contribution in [0, 0.1) is 17.7 Å². The van der Waals surface area contributed by atoms with E-state index >= 15 is 0 Å². The van der Waals surface area contributed by atoms with Crippen molar-refractivity contribution in [3.63, 3.8) is 0 Å². The van der Waals surface area contributed by atoms with Crippen LogP contribution in [0.15, 0.2) is 30.5 Å². The third kappa shape index (κ3) is 3.41. The van der Waals surface area contributed by atoms with Crippen LogP contribution >= 0.6 is 0 Å². The van der Waals surface area contributed by atoms with E-state index in [0.29, 0.717) is 5.69 Å². The smallest absolute Gasteiger partial charge is 0.255 e. The molecule has 4 rings (SSSR count). The number of amides is 1. The van der Waals surface area contributed by atoms with Crippen LogP contribution in [0.5, 0.6) is 11.5 Å². The van der Waals surface area contributed by atoms with E-state index in [2.05, 4.69) is 15.2 Å². The van der Waals surface area contributed by atoms with Crippen molar-refractivity contribution in [2.75, 3.05) is 30.4 Å². The van der Waals surface area contributed by atoms with Gasteiger partial charge in [-0.15, -0.1) is 0 Å². The molecule has 1 aromatic carbocycles. The van der Waals surface area contributed by atoms with Crippen molar-refractivity contribution in [3.8, 4) is 11.5 Å². The number of aromatic hydroxyl groups is 1. The Morgan fingerprint density at radius 3 is 2.67 bits per heavy atom. The van der Waals surface area contributed by atoms with Gasteiger partial charge in [-0.05, 0) is 48.9 Å². The van der Waals surface area contributed by atoms with Gasteiger partial charge in [0.25, 0.3) is 5.91 Å². The van der Waals surface area contributed by atoms with Gasteiger partial charge in [0.15, 0.2) is 17.3 Å². The molecule has 0 spiro atoms. The molecule has 0 radical (unpaired) electrons. The average Bonchev–Trinajstić information content (AvgIpc) is 3.26. The number of anilines is 2. The minimum absolute atomic E-state index is 0.0543. The molecule has 1 aromatic heterocycles. The molecular weight excluding hydrogens is 349 g/mol. The normalized spacial score (nSPS) is 21.2. The summed E-state index contributed by atoms with van der Waals surface area (Å²) in [5, 5.41) is 12.2. The van der Waals surface area contributed by atoms with Crippen molar-refractivity contribution in [2.24, 2.45) is 11.8 Å². The largest absolute Gasteiger partial charge is 0.502 e. The first-order valence-electron chi connectivity index (χ1n) is 9.14. The number of hydrogen-bond donors (Lipinski definition) is 2. The highest BCUT2D eigenvalue weighted by atomic mass is 19.1. The van der Waals surface area contributed by atoms with Crippen molar-refractivity contribution in [1.82, 2.24) is 4.98 Å².